The van der Waals surface area contributed by atoms with E-state index >= 15 is 0 Å². The fraction of sp³-hybridized carbons (Fsp3) is 0.235. The van der Waals surface area contributed by atoms with Gasteiger partial charge in [-0.3, -0.25) is 9.10 Å². The SMILES string of the molecule is COc1cccc(S(=O)(=O)N(C)c2cccc(CCC(=O)O)c2)c1. The van der Waals surface area contributed by atoms with Gasteiger partial charge >= 0.3 is 5.97 Å². The number of aryl methyl sites for hydroxylation is 1. The molecule has 0 bridgehead atoms. The van der Waals surface area contributed by atoms with Gasteiger partial charge in [-0.2, -0.15) is 0 Å². The van der Waals surface area contributed by atoms with Crippen LogP contribution in [0.25, 0.3) is 0 Å². The van der Waals surface area contributed by atoms with Gasteiger partial charge in [-0.15, -0.1) is 0 Å². The Bertz CT molecular complexity index is 832. The normalized spacial score (nSPS) is 11.1. The maximum Gasteiger partial charge on any atom is 0.303 e. The molecule has 1 N–H and O–H groups in total. The molecular weight excluding hydrogens is 330 g/mol. The van der Waals surface area contributed by atoms with Crippen molar-refractivity contribution in [3.05, 3.63) is 54.1 Å². The summed E-state index contributed by atoms with van der Waals surface area (Å²) in [6, 6.07) is 13.1. The molecule has 6 nitrogen and oxygen atoms in total. The van der Waals surface area contributed by atoms with Crippen LogP contribution in [0.3, 0.4) is 0 Å². The zero-order valence-electron chi connectivity index (χ0n) is 13.5. The smallest absolute Gasteiger partial charge is 0.303 e. The van der Waals surface area contributed by atoms with Crippen molar-refractivity contribution in [1.29, 1.82) is 0 Å². The monoisotopic (exact) mass is 349 g/mol. The quantitative estimate of drug-likeness (QED) is 0.830. The van der Waals surface area contributed by atoms with Crippen LogP contribution in [-0.4, -0.2) is 33.7 Å². The Labute approximate surface area is 141 Å². The number of rotatable bonds is 7. The van der Waals surface area contributed by atoms with E-state index in [2.05, 4.69) is 0 Å². The maximum atomic E-state index is 12.8. The van der Waals surface area contributed by atoms with Gasteiger partial charge in [0.25, 0.3) is 10.0 Å². The van der Waals surface area contributed by atoms with Gasteiger partial charge in [-0.25, -0.2) is 8.42 Å². The number of methoxy groups -OCH3 is 1. The Balaban J connectivity index is 2.31. The van der Waals surface area contributed by atoms with Crippen LogP contribution in [-0.2, 0) is 21.2 Å². The zero-order valence-corrected chi connectivity index (χ0v) is 14.3. The lowest BCUT2D eigenvalue weighted by Crippen LogP contribution is -2.26. The highest BCUT2D eigenvalue weighted by atomic mass is 32.2. The molecule has 128 valence electrons. The number of benzene rings is 2. The second-order valence-corrected chi connectivity index (χ2v) is 7.18. The first-order chi connectivity index (χ1) is 11.3. The number of nitrogens with zero attached hydrogens (tertiary/aromatic N) is 1. The summed E-state index contributed by atoms with van der Waals surface area (Å²) in [5, 5.41) is 8.76. The first-order valence-corrected chi connectivity index (χ1v) is 8.72. The van der Waals surface area contributed by atoms with Crippen molar-refractivity contribution < 1.29 is 23.1 Å². The average Bonchev–Trinajstić information content (AvgIpc) is 2.59. The van der Waals surface area contributed by atoms with E-state index in [4.69, 9.17) is 9.84 Å². The topological polar surface area (TPSA) is 83.9 Å². The predicted molar refractivity (Wildman–Crippen MR) is 91.0 cm³/mol. The minimum atomic E-state index is -3.74. The molecular formula is C17H19NO5S. The van der Waals surface area contributed by atoms with Gasteiger partial charge in [0.15, 0.2) is 0 Å². The Morgan fingerprint density at radius 1 is 1.17 bits per heavy atom. The number of hydrogen-bond acceptors (Lipinski definition) is 4. The number of carboxylic acids is 1. The summed E-state index contributed by atoms with van der Waals surface area (Å²) in [5.74, 6) is -0.433. The van der Waals surface area contributed by atoms with Crippen LogP contribution < -0.4 is 9.04 Å². The van der Waals surface area contributed by atoms with Gasteiger partial charge in [0.2, 0.25) is 0 Å². The molecule has 2 rings (SSSR count). The van der Waals surface area contributed by atoms with Crippen molar-refractivity contribution in [2.45, 2.75) is 17.7 Å². The summed E-state index contributed by atoms with van der Waals surface area (Å²) in [5.41, 5.74) is 1.24. The third-order valence-electron chi connectivity index (χ3n) is 3.60. The van der Waals surface area contributed by atoms with E-state index in [-0.39, 0.29) is 11.3 Å². The number of carboxylic acid groups (broad SMARTS) is 1. The van der Waals surface area contributed by atoms with E-state index in [1.54, 1.807) is 36.4 Å². The average molecular weight is 349 g/mol. The molecule has 0 saturated heterocycles. The predicted octanol–water partition coefficient (Wildman–Crippen LogP) is 2.54. The summed E-state index contributed by atoms with van der Waals surface area (Å²) in [6.07, 6.45) is 0.339. The highest BCUT2D eigenvalue weighted by Gasteiger charge is 2.22. The second-order valence-electron chi connectivity index (χ2n) is 5.22. The molecule has 0 radical (unpaired) electrons. The maximum absolute atomic E-state index is 12.8. The third-order valence-corrected chi connectivity index (χ3v) is 5.38. The molecule has 0 atom stereocenters. The van der Waals surface area contributed by atoms with E-state index in [0.717, 1.165) is 5.56 Å². The number of ether oxygens (including phenoxy) is 1. The molecule has 0 saturated carbocycles. The van der Waals surface area contributed by atoms with E-state index in [1.165, 1.54) is 30.6 Å². The first kappa shape index (κ1) is 17.8. The summed E-state index contributed by atoms with van der Waals surface area (Å²) in [7, 11) is -0.799. The van der Waals surface area contributed by atoms with Crippen molar-refractivity contribution in [1.82, 2.24) is 0 Å². The summed E-state index contributed by atoms with van der Waals surface area (Å²) in [6.45, 7) is 0. The lowest BCUT2D eigenvalue weighted by molar-refractivity contribution is -0.136. The highest BCUT2D eigenvalue weighted by molar-refractivity contribution is 7.92. The third kappa shape index (κ3) is 4.05. The molecule has 0 aromatic heterocycles. The van der Waals surface area contributed by atoms with Crippen molar-refractivity contribution in [3.63, 3.8) is 0 Å². The molecule has 0 fully saturated rings. The number of aliphatic carboxylic acids is 1. The Hall–Kier alpha value is -2.54. The molecule has 7 heteroatoms. The summed E-state index contributed by atoms with van der Waals surface area (Å²) in [4.78, 5) is 10.8. The van der Waals surface area contributed by atoms with Crippen LogP contribution in [0, 0.1) is 0 Å². The van der Waals surface area contributed by atoms with E-state index in [1.807, 2.05) is 0 Å². The number of sulfonamides is 1. The van der Waals surface area contributed by atoms with Crippen molar-refractivity contribution >= 4 is 21.7 Å². The number of anilines is 1. The van der Waals surface area contributed by atoms with E-state index in [0.29, 0.717) is 17.9 Å². The van der Waals surface area contributed by atoms with Crippen LogP contribution in [0.2, 0.25) is 0 Å². The lowest BCUT2D eigenvalue weighted by atomic mass is 10.1. The molecule has 24 heavy (non-hydrogen) atoms. The van der Waals surface area contributed by atoms with Crippen LogP contribution in [0.5, 0.6) is 5.75 Å². The minimum absolute atomic E-state index is 0.00416. The second kappa shape index (κ2) is 7.35. The van der Waals surface area contributed by atoms with E-state index in [9.17, 15) is 13.2 Å². The molecule has 0 aliphatic heterocycles. The van der Waals surface area contributed by atoms with Gasteiger partial charge in [0.1, 0.15) is 5.75 Å². The minimum Gasteiger partial charge on any atom is -0.497 e. The fourth-order valence-electron chi connectivity index (χ4n) is 2.22. The van der Waals surface area contributed by atoms with Gasteiger partial charge in [0, 0.05) is 19.5 Å². The van der Waals surface area contributed by atoms with Crippen LogP contribution in [0.1, 0.15) is 12.0 Å². The molecule has 0 unspecified atom stereocenters. The summed E-state index contributed by atoms with van der Waals surface area (Å²) < 4.78 is 31.8. The molecule has 0 amide bonds. The zero-order chi connectivity index (χ0) is 17.7. The van der Waals surface area contributed by atoms with Crippen LogP contribution >= 0.6 is 0 Å². The Morgan fingerprint density at radius 2 is 1.88 bits per heavy atom. The molecule has 0 heterocycles. The fourth-order valence-corrected chi connectivity index (χ4v) is 3.44. The Morgan fingerprint density at radius 3 is 2.54 bits per heavy atom. The number of hydrogen-bond donors (Lipinski definition) is 1. The highest BCUT2D eigenvalue weighted by Crippen LogP contribution is 2.25. The van der Waals surface area contributed by atoms with Gasteiger partial charge in [-0.1, -0.05) is 18.2 Å². The largest absolute Gasteiger partial charge is 0.497 e. The molecule has 0 aliphatic carbocycles. The molecule has 2 aromatic rings. The molecule has 0 aliphatic rings. The van der Waals surface area contributed by atoms with Gasteiger partial charge in [-0.05, 0) is 36.2 Å². The Kier molecular flexibility index (Phi) is 5.46. The van der Waals surface area contributed by atoms with Crippen molar-refractivity contribution in [3.8, 4) is 5.75 Å². The van der Waals surface area contributed by atoms with E-state index < -0.39 is 16.0 Å². The first-order valence-electron chi connectivity index (χ1n) is 7.28. The van der Waals surface area contributed by atoms with Crippen molar-refractivity contribution in [2.75, 3.05) is 18.5 Å². The van der Waals surface area contributed by atoms with Crippen LogP contribution in [0.4, 0.5) is 5.69 Å². The standard InChI is InChI=1S/C17H19NO5S/c1-18(14-6-3-5-13(11-14)9-10-17(19)20)24(21,22)16-8-4-7-15(12-16)23-2/h3-8,11-12H,9-10H2,1-2H3,(H,19,20). The van der Waals surface area contributed by atoms with Crippen molar-refractivity contribution in [2.24, 2.45) is 0 Å². The molecule has 2 aromatic carbocycles. The van der Waals surface area contributed by atoms with Crippen LogP contribution in [0.15, 0.2) is 53.4 Å². The van der Waals surface area contributed by atoms with Gasteiger partial charge < -0.3 is 9.84 Å². The number of carbonyl (C=O) groups is 1. The molecule has 0 spiro atoms. The van der Waals surface area contributed by atoms with Gasteiger partial charge in [0.05, 0.1) is 17.7 Å². The summed E-state index contributed by atoms with van der Waals surface area (Å²) >= 11 is 0. The lowest BCUT2D eigenvalue weighted by Gasteiger charge is -2.20.